The molecule has 0 saturated carbocycles. The fraction of sp³-hybridized carbons (Fsp3) is 0.342. The topological polar surface area (TPSA) is 51.2 Å². The van der Waals surface area contributed by atoms with E-state index in [0.29, 0.717) is 0 Å². The molecule has 0 radical (unpaired) electrons. The maximum atomic E-state index is 11.5. The molecule has 0 spiro atoms. The van der Waals surface area contributed by atoms with Gasteiger partial charge in [-0.2, -0.15) is 0 Å². The molecule has 3 aliphatic carbocycles. The molecule has 12 heteroatoms. The molecular weight excluding hydrogens is 1710 g/mol. The van der Waals surface area contributed by atoms with Crippen LogP contribution in [0, 0.1) is 0 Å². The Morgan fingerprint density at radius 1 is 0.206 bits per heavy atom. The average molecular weight is 1830 g/mol. The van der Waals surface area contributed by atoms with Crippen LogP contribution in [0.3, 0.4) is 0 Å². The van der Waals surface area contributed by atoms with Crippen molar-refractivity contribution in [3.63, 3.8) is 0 Å². The Hall–Kier alpha value is -8.37. The number of aldehydes is 3. The van der Waals surface area contributed by atoms with Crippen LogP contribution in [0.25, 0.3) is 138 Å². The second-order valence-electron chi connectivity index (χ2n) is 35.0. The van der Waals surface area contributed by atoms with Gasteiger partial charge in [0.25, 0.3) is 0 Å². The van der Waals surface area contributed by atoms with Gasteiger partial charge in [0.15, 0.2) is 18.9 Å². The van der Waals surface area contributed by atoms with Crippen LogP contribution in [0.1, 0.15) is 355 Å². The van der Waals surface area contributed by atoms with Crippen LogP contribution in [0.5, 0.6) is 0 Å². The van der Waals surface area contributed by atoms with Gasteiger partial charge in [0.1, 0.15) is 0 Å². The minimum absolute atomic E-state index is 0.256. The summed E-state index contributed by atoms with van der Waals surface area (Å²) in [6, 6.07) is 63.7. The van der Waals surface area contributed by atoms with E-state index in [9.17, 15) is 14.4 Å². The highest BCUT2D eigenvalue weighted by atomic mass is 32.1. The van der Waals surface area contributed by atoms with E-state index >= 15 is 0 Å². The number of thiophene rings is 9. The van der Waals surface area contributed by atoms with Gasteiger partial charge in [-0.3, -0.25) is 14.4 Å². The smallest absolute Gasteiger partial charge is 0.160 e. The first-order chi connectivity index (χ1) is 61.9. The van der Waals surface area contributed by atoms with Gasteiger partial charge in [-0.05, 0) is 322 Å². The highest BCUT2D eigenvalue weighted by Gasteiger charge is 2.58. The van der Waals surface area contributed by atoms with Gasteiger partial charge in [0, 0.05) is 89.4 Å². The Labute approximate surface area is 786 Å². The number of carbonyl (C=O) groups excluding carboxylic acids is 3. The van der Waals surface area contributed by atoms with Crippen LogP contribution in [-0.2, 0) is 16.2 Å². The molecule has 126 heavy (non-hydrogen) atoms. The molecule has 9 heterocycles. The van der Waals surface area contributed by atoms with Gasteiger partial charge in [0.05, 0.1) is 14.6 Å². The SMILES string of the molecule is CCCCCCC1(CCCCCC)c2cc(-c3ccc(/C=C/c4ccc(/C=C/c5ccc(C=O)s5)s4)s3)ccc2-c2c1c1c(c3c2C(CCCCCC)(CCCCCC)c2cc(-c4ccc(/C=C/c5ccc(/C=C/c6ccc(C=O)s6)s5)s4)ccc2-3)C(CCCCCC)(CCCCCC)c2cc(-c3ccc(/C=C/c4ccc(/C=C/c5ccc(C=O)s5)s4)s3)ccc2-1. The fourth-order valence-corrected chi connectivity index (χ4v) is 27.7. The highest BCUT2D eigenvalue weighted by molar-refractivity contribution is 7.18. The van der Waals surface area contributed by atoms with E-state index < -0.39 is 0 Å². The van der Waals surface area contributed by atoms with Crippen LogP contribution >= 0.6 is 102 Å². The summed E-state index contributed by atoms with van der Waals surface area (Å²) in [4.78, 5) is 55.0. The Kier molecular flexibility index (Phi) is 31.3. The van der Waals surface area contributed by atoms with Crippen LogP contribution in [0.2, 0.25) is 0 Å². The summed E-state index contributed by atoms with van der Waals surface area (Å²) in [5, 5.41) is 0. The first kappa shape index (κ1) is 91.0. The third-order valence-corrected chi connectivity index (χ3v) is 35.8. The number of rotatable bonds is 48. The lowest BCUT2D eigenvalue weighted by atomic mass is 9.63. The summed E-state index contributed by atoms with van der Waals surface area (Å²) >= 11 is 15.8. The van der Waals surface area contributed by atoms with Gasteiger partial charge in [-0.25, -0.2) is 0 Å². The lowest BCUT2D eigenvalue weighted by Gasteiger charge is -2.40. The first-order valence-electron chi connectivity index (χ1n) is 47.0. The molecule has 0 fully saturated rings. The largest absolute Gasteiger partial charge is 0.297 e. The number of hydrogen-bond acceptors (Lipinski definition) is 12. The normalized spacial score (nSPS) is 14.0. The fourth-order valence-electron chi connectivity index (χ4n) is 20.4. The summed E-state index contributed by atoms with van der Waals surface area (Å²) in [5.41, 5.74) is 22.6. The summed E-state index contributed by atoms with van der Waals surface area (Å²) < 4.78 is 0. The molecule has 13 aromatic rings. The lowest BCUT2D eigenvalue weighted by Crippen LogP contribution is -2.31. The minimum atomic E-state index is -0.256. The molecule has 0 amide bonds. The maximum absolute atomic E-state index is 11.5. The first-order valence-corrected chi connectivity index (χ1v) is 54.3. The van der Waals surface area contributed by atoms with Gasteiger partial charge >= 0.3 is 0 Å². The zero-order chi connectivity index (χ0) is 86.8. The average Bonchev–Trinajstić information content (AvgIpc) is 1.48. The molecule has 16 rings (SSSR count). The molecule has 0 saturated heterocycles. The molecule has 0 bridgehead atoms. The molecule has 0 atom stereocenters. The Morgan fingerprint density at radius 2 is 0.389 bits per heavy atom. The maximum Gasteiger partial charge on any atom is 0.160 e. The second kappa shape index (κ2) is 43.4. The van der Waals surface area contributed by atoms with Crippen molar-refractivity contribution < 1.29 is 14.4 Å². The molecule has 3 aliphatic rings. The van der Waals surface area contributed by atoms with E-state index in [1.54, 1.807) is 84.1 Å². The van der Waals surface area contributed by atoms with Crippen LogP contribution in [0.15, 0.2) is 164 Å². The molecule has 4 aromatic carbocycles. The molecule has 648 valence electrons. The van der Waals surface area contributed by atoms with E-state index in [-0.39, 0.29) is 16.2 Å². The van der Waals surface area contributed by atoms with Crippen LogP contribution in [-0.4, -0.2) is 18.9 Å². The zero-order valence-corrected chi connectivity index (χ0v) is 81.7. The number of carbonyl (C=O) groups is 3. The Morgan fingerprint density at radius 3 is 0.579 bits per heavy atom. The lowest BCUT2D eigenvalue weighted by molar-refractivity contribution is 0.111. The molecular formula is C114H120O3S9. The minimum Gasteiger partial charge on any atom is -0.297 e. The van der Waals surface area contributed by atoms with Crippen molar-refractivity contribution in [2.24, 2.45) is 0 Å². The molecule has 3 nitrogen and oxygen atoms in total. The third kappa shape index (κ3) is 20.3. The monoisotopic (exact) mass is 1820 g/mol. The van der Waals surface area contributed by atoms with Crippen molar-refractivity contribution in [2.75, 3.05) is 0 Å². The van der Waals surface area contributed by atoms with Crippen molar-refractivity contribution in [1.29, 1.82) is 0 Å². The molecule has 0 N–H and O–H groups in total. The molecule has 9 aromatic heterocycles. The summed E-state index contributed by atoms with van der Waals surface area (Å²) in [5.74, 6) is 0. The Bertz CT molecular complexity index is 5450. The highest BCUT2D eigenvalue weighted by Crippen LogP contribution is 2.72. The standard InChI is InChI=1S/C114H120O3S9/c1-7-13-19-25-67-112(68-26-20-14-8-2)100-73-79(103-64-58-91(124-103)49-46-85-37-34-82(118-85)40-43-88-52-55-94(76-115)121-88)31-61-97(100)106-109(112)107-98-62-32-80(104-65-59-92(125-104)50-47-86-38-35-83(119-86)41-44-89-53-56-95(77-116)122-89)74-101(98)113(69-27-21-15-9-3,70-28-22-16-10-4)111(107)108-99-63-33-81(75-102(99)114(110(106)108,71-29-23-17-11-5)72-30-24-18-12-6)105-66-60-93(126-105)51-48-87-39-36-84(120-87)42-45-90-54-57-96(78-117)123-90/h31-66,73-78H,7-30,67-72H2,1-6H3/b43-40+,44-41+,45-42+,49-46+,50-47+,51-48+. The number of fused-ring (bicyclic) bond motifs is 12. The van der Waals surface area contributed by atoms with Gasteiger partial charge < -0.3 is 0 Å². The van der Waals surface area contributed by atoms with Crippen molar-refractivity contribution in [2.45, 2.75) is 250 Å². The van der Waals surface area contributed by atoms with E-state index in [2.05, 4.69) is 242 Å². The van der Waals surface area contributed by atoms with Gasteiger partial charge in [0.2, 0.25) is 0 Å². The second-order valence-corrected chi connectivity index (χ2v) is 45.3. The molecule has 0 unspecified atom stereocenters. The van der Waals surface area contributed by atoms with Crippen molar-refractivity contribution in [3.05, 3.63) is 270 Å². The van der Waals surface area contributed by atoms with E-state index in [1.165, 1.54) is 280 Å². The van der Waals surface area contributed by atoms with Gasteiger partial charge in [-0.15, -0.1) is 102 Å². The van der Waals surface area contributed by atoms with Crippen LogP contribution in [0.4, 0.5) is 0 Å². The van der Waals surface area contributed by atoms with Crippen molar-refractivity contribution in [3.8, 4) is 64.7 Å². The van der Waals surface area contributed by atoms with Gasteiger partial charge in [-0.1, -0.05) is 232 Å². The number of benzene rings is 4. The Balaban J connectivity index is 0.902. The predicted octanol–water partition coefficient (Wildman–Crippen LogP) is 38.3. The van der Waals surface area contributed by atoms with E-state index in [4.69, 9.17) is 0 Å². The zero-order valence-electron chi connectivity index (χ0n) is 74.4. The third-order valence-electron chi connectivity index (χ3n) is 26.5. The summed E-state index contributed by atoms with van der Waals surface area (Å²) in [7, 11) is 0. The summed E-state index contributed by atoms with van der Waals surface area (Å²) in [6.07, 6.45) is 65.7. The summed E-state index contributed by atoms with van der Waals surface area (Å²) in [6.45, 7) is 14.4. The van der Waals surface area contributed by atoms with E-state index in [0.717, 1.165) is 86.6 Å². The molecule has 0 aliphatic heterocycles. The van der Waals surface area contributed by atoms with Crippen molar-refractivity contribution >= 4 is 194 Å². The number of hydrogen-bond donors (Lipinski definition) is 0. The predicted molar refractivity (Wildman–Crippen MR) is 563 cm³/mol. The van der Waals surface area contributed by atoms with E-state index in [1.807, 2.05) is 70.4 Å². The van der Waals surface area contributed by atoms with Crippen LogP contribution < -0.4 is 0 Å². The quantitative estimate of drug-likeness (QED) is 0.0282. The van der Waals surface area contributed by atoms with Crippen molar-refractivity contribution in [1.82, 2.24) is 0 Å². The number of unbranched alkanes of at least 4 members (excludes halogenated alkanes) is 18.